The van der Waals surface area contributed by atoms with E-state index in [-0.39, 0.29) is 0 Å². The summed E-state index contributed by atoms with van der Waals surface area (Å²) in [5.74, 6) is 0. The molecule has 3 aromatic rings. The summed E-state index contributed by atoms with van der Waals surface area (Å²) in [7, 11) is 2.01. The first kappa shape index (κ1) is 12.5. The highest BCUT2D eigenvalue weighted by molar-refractivity contribution is 6.36. The third-order valence-corrected chi connectivity index (χ3v) is 4.02. The lowest BCUT2D eigenvalue weighted by molar-refractivity contribution is 0.868. The normalized spacial score (nSPS) is 11.1. The van der Waals surface area contributed by atoms with Crippen LogP contribution in [0.15, 0.2) is 42.6 Å². The zero-order valence-corrected chi connectivity index (χ0v) is 11.9. The van der Waals surface area contributed by atoms with Crippen LogP contribution in [0, 0.1) is 0 Å². The molecule has 0 N–H and O–H groups in total. The monoisotopic (exact) mass is 290 g/mol. The van der Waals surface area contributed by atoms with Gasteiger partial charge in [0.15, 0.2) is 0 Å². The van der Waals surface area contributed by atoms with E-state index in [2.05, 4.69) is 21.7 Å². The van der Waals surface area contributed by atoms with Gasteiger partial charge in [-0.15, -0.1) is 0 Å². The van der Waals surface area contributed by atoms with E-state index in [0.717, 1.165) is 22.3 Å². The number of aryl methyl sites for hydroxylation is 1. The maximum absolute atomic E-state index is 6.22. The number of halogens is 2. The average molecular weight is 291 g/mol. The van der Waals surface area contributed by atoms with Crippen LogP contribution in [-0.4, -0.2) is 9.55 Å². The van der Waals surface area contributed by atoms with Gasteiger partial charge in [0.2, 0.25) is 0 Å². The fourth-order valence-corrected chi connectivity index (χ4v) is 2.80. The molecule has 0 unspecified atom stereocenters. The van der Waals surface area contributed by atoms with E-state index in [1.807, 2.05) is 31.3 Å². The van der Waals surface area contributed by atoms with E-state index in [1.165, 1.54) is 0 Å². The number of fused-ring (bicyclic) bond motifs is 1. The fourth-order valence-electron chi connectivity index (χ4n) is 2.27. The van der Waals surface area contributed by atoms with Crippen LogP contribution in [0.25, 0.3) is 11.0 Å². The Labute approximate surface area is 121 Å². The van der Waals surface area contributed by atoms with Gasteiger partial charge >= 0.3 is 0 Å². The standard InChI is InChI=1S/C15H12Cl2N2/c1-19-11(8-10-4-3-7-18-15(10)19)9-12-13(16)5-2-6-14(12)17/h2-8H,9H2,1H3. The molecule has 0 aliphatic heterocycles. The number of pyridine rings is 1. The molecule has 0 saturated carbocycles. The van der Waals surface area contributed by atoms with E-state index in [4.69, 9.17) is 23.2 Å². The number of hydrogen-bond acceptors (Lipinski definition) is 1. The van der Waals surface area contributed by atoms with Crippen LogP contribution in [0.2, 0.25) is 10.0 Å². The molecule has 0 radical (unpaired) electrons. The van der Waals surface area contributed by atoms with Crippen molar-refractivity contribution in [3.8, 4) is 0 Å². The van der Waals surface area contributed by atoms with Gasteiger partial charge in [0.1, 0.15) is 5.65 Å². The van der Waals surface area contributed by atoms with Crippen LogP contribution in [-0.2, 0) is 13.5 Å². The quantitative estimate of drug-likeness (QED) is 0.681. The van der Waals surface area contributed by atoms with Crippen molar-refractivity contribution in [3.63, 3.8) is 0 Å². The van der Waals surface area contributed by atoms with E-state index in [0.29, 0.717) is 16.5 Å². The fraction of sp³-hybridized carbons (Fsp3) is 0.133. The van der Waals surface area contributed by atoms with Crippen LogP contribution < -0.4 is 0 Å². The molecule has 1 aromatic carbocycles. The second-order valence-electron chi connectivity index (χ2n) is 4.49. The molecule has 3 rings (SSSR count). The van der Waals surface area contributed by atoms with Crippen molar-refractivity contribution in [3.05, 3.63) is 63.9 Å². The van der Waals surface area contributed by atoms with Crippen molar-refractivity contribution in [2.45, 2.75) is 6.42 Å². The Bertz CT molecular complexity index is 727. The summed E-state index contributed by atoms with van der Waals surface area (Å²) in [6, 6.07) is 11.7. The summed E-state index contributed by atoms with van der Waals surface area (Å²) in [5.41, 5.74) is 3.07. The first-order valence-corrected chi connectivity index (χ1v) is 6.74. The van der Waals surface area contributed by atoms with Gasteiger partial charge in [0.05, 0.1) is 0 Å². The molecule has 4 heteroatoms. The Morgan fingerprint density at radius 1 is 1.11 bits per heavy atom. The van der Waals surface area contributed by atoms with Gasteiger partial charge in [-0.05, 0) is 35.9 Å². The summed E-state index contributed by atoms with van der Waals surface area (Å²) in [4.78, 5) is 4.38. The minimum atomic E-state index is 0.700. The van der Waals surface area contributed by atoms with Crippen molar-refractivity contribution in [1.82, 2.24) is 9.55 Å². The summed E-state index contributed by atoms with van der Waals surface area (Å²) in [6.07, 6.45) is 2.50. The van der Waals surface area contributed by atoms with Gasteiger partial charge in [0, 0.05) is 40.8 Å². The molecule has 0 spiro atoms. The highest BCUT2D eigenvalue weighted by Crippen LogP contribution is 2.28. The largest absolute Gasteiger partial charge is 0.332 e. The highest BCUT2D eigenvalue weighted by Gasteiger charge is 2.11. The second kappa shape index (κ2) is 4.87. The average Bonchev–Trinajstić information content (AvgIpc) is 2.72. The maximum Gasteiger partial charge on any atom is 0.139 e. The highest BCUT2D eigenvalue weighted by atomic mass is 35.5. The van der Waals surface area contributed by atoms with Crippen LogP contribution >= 0.6 is 23.2 Å². The lowest BCUT2D eigenvalue weighted by Crippen LogP contribution is -1.99. The van der Waals surface area contributed by atoms with E-state index < -0.39 is 0 Å². The molecule has 2 heterocycles. The van der Waals surface area contributed by atoms with Gasteiger partial charge in [-0.25, -0.2) is 4.98 Å². The van der Waals surface area contributed by atoms with Crippen molar-refractivity contribution in [2.75, 3.05) is 0 Å². The number of nitrogens with zero attached hydrogens (tertiary/aromatic N) is 2. The van der Waals surface area contributed by atoms with Crippen LogP contribution in [0.5, 0.6) is 0 Å². The Kier molecular flexibility index (Phi) is 3.21. The predicted molar refractivity (Wildman–Crippen MR) is 80.0 cm³/mol. The van der Waals surface area contributed by atoms with Crippen LogP contribution in [0.3, 0.4) is 0 Å². The zero-order valence-electron chi connectivity index (χ0n) is 10.4. The lowest BCUT2D eigenvalue weighted by Gasteiger charge is -2.08. The number of rotatable bonds is 2. The summed E-state index contributed by atoms with van der Waals surface area (Å²) < 4.78 is 2.08. The third kappa shape index (κ3) is 2.22. The van der Waals surface area contributed by atoms with E-state index >= 15 is 0 Å². The molecular weight excluding hydrogens is 279 g/mol. The SMILES string of the molecule is Cn1c(Cc2c(Cl)cccc2Cl)cc2cccnc21. The molecule has 0 bridgehead atoms. The van der Waals surface area contributed by atoms with Crippen molar-refractivity contribution < 1.29 is 0 Å². The molecule has 0 amide bonds. The summed E-state index contributed by atoms with van der Waals surface area (Å²) >= 11 is 12.4. The molecule has 0 atom stereocenters. The van der Waals surface area contributed by atoms with Gasteiger partial charge in [-0.2, -0.15) is 0 Å². The Hall–Kier alpha value is -1.51. The first-order valence-electron chi connectivity index (χ1n) is 5.99. The van der Waals surface area contributed by atoms with Gasteiger partial charge in [-0.3, -0.25) is 0 Å². The number of hydrogen-bond donors (Lipinski definition) is 0. The van der Waals surface area contributed by atoms with Crippen LogP contribution in [0.1, 0.15) is 11.3 Å². The third-order valence-electron chi connectivity index (χ3n) is 3.31. The molecular formula is C15H12Cl2N2. The summed E-state index contributed by atoms with van der Waals surface area (Å²) in [5, 5.41) is 2.53. The van der Waals surface area contributed by atoms with Gasteiger partial charge < -0.3 is 4.57 Å². The Morgan fingerprint density at radius 2 is 1.84 bits per heavy atom. The smallest absolute Gasteiger partial charge is 0.139 e. The lowest BCUT2D eigenvalue weighted by atomic mass is 10.1. The molecule has 0 aliphatic rings. The van der Waals surface area contributed by atoms with E-state index in [1.54, 1.807) is 6.20 Å². The molecule has 19 heavy (non-hydrogen) atoms. The predicted octanol–water partition coefficient (Wildman–Crippen LogP) is 4.47. The zero-order chi connectivity index (χ0) is 13.4. The molecule has 96 valence electrons. The minimum absolute atomic E-state index is 0.700. The van der Waals surface area contributed by atoms with Crippen molar-refractivity contribution in [2.24, 2.45) is 7.05 Å². The molecule has 0 saturated heterocycles. The second-order valence-corrected chi connectivity index (χ2v) is 5.30. The molecule has 0 fully saturated rings. The van der Waals surface area contributed by atoms with Crippen molar-refractivity contribution >= 4 is 34.2 Å². The van der Waals surface area contributed by atoms with Gasteiger partial charge in [0.25, 0.3) is 0 Å². The molecule has 2 aromatic heterocycles. The Balaban J connectivity index is 2.09. The maximum atomic E-state index is 6.22. The first-order chi connectivity index (χ1) is 9.16. The molecule has 2 nitrogen and oxygen atoms in total. The molecule has 0 aliphatic carbocycles. The van der Waals surface area contributed by atoms with Crippen molar-refractivity contribution in [1.29, 1.82) is 0 Å². The summed E-state index contributed by atoms with van der Waals surface area (Å²) in [6.45, 7) is 0. The minimum Gasteiger partial charge on any atom is -0.332 e. The number of aromatic nitrogens is 2. The van der Waals surface area contributed by atoms with Crippen LogP contribution in [0.4, 0.5) is 0 Å². The Morgan fingerprint density at radius 3 is 2.53 bits per heavy atom. The van der Waals surface area contributed by atoms with Gasteiger partial charge in [-0.1, -0.05) is 29.3 Å². The topological polar surface area (TPSA) is 17.8 Å². The number of benzene rings is 1. The van der Waals surface area contributed by atoms with E-state index in [9.17, 15) is 0 Å².